The van der Waals surface area contributed by atoms with Gasteiger partial charge in [-0.3, -0.25) is 4.79 Å². The second-order valence-corrected chi connectivity index (χ2v) is 6.09. The molecule has 0 fully saturated rings. The van der Waals surface area contributed by atoms with Crippen molar-refractivity contribution in [2.45, 2.75) is 19.8 Å². The summed E-state index contributed by atoms with van der Waals surface area (Å²) in [7, 11) is 2.89. The van der Waals surface area contributed by atoms with Crippen LogP contribution in [0.3, 0.4) is 0 Å². The standard InChI is InChI=1S/C19H21N5O3/c1-12(2)17-20-9-10-24(17)14-7-5-13(6-8-14)21-18(25)15-11-16(26-3)23-19(22-15)27-4/h5-12H,1-4H3,(H,21,25). The molecular weight excluding hydrogens is 346 g/mol. The predicted octanol–water partition coefficient (Wildman–Crippen LogP) is 3.06. The molecule has 2 heterocycles. The van der Waals surface area contributed by atoms with Crippen LogP contribution in [-0.2, 0) is 0 Å². The zero-order valence-electron chi connectivity index (χ0n) is 15.6. The summed E-state index contributed by atoms with van der Waals surface area (Å²) >= 11 is 0. The Morgan fingerprint density at radius 2 is 1.85 bits per heavy atom. The number of ether oxygens (including phenoxy) is 2. The number of aromatic nitrogens is 4. The molecule has 0 aliphatic carbocycles. The van der Waals surface area contributed by atoms with Crippen molar-refractivity contribution in [3.05, 3.63) is 54.2 Å². The molecule has 8 heteroatoms. The second kappa shape index (κ2) is 7.86. The van der Waals surface area contributed by atoms with Gasteiger partial charge < -0.3 is 19.4 Å². The van der Waals surface area contributed by atoms with Gasteiger partial charge in [0.1, 0.15) is 11.5 Å². The van der Waals surface area contributed by atoms with Crippen LogP contribution in [0.1, 0.15) is 36.1 Å². The normalized spacial score (nSPS) is 10.7. The highest BCUT2D eigenvalue weighted by atomic mass is 16.5. The summed E-state index contributed by atoms with van der Waals surface area (Å²) < 4.78 is 12.1. The molecule has 3 aromatic rings. The molecule has 8 nitrogen and oxygen atoms in total. The van der Waals surface area contributed by atoms with Crippen LogP contribution in [0.4, 0.5) is 5.69 Å². The van der Waals surface area contributed by atoms with E-state index in [-0.39, 0.29) is 23.5 Å². The third kappa shape index (κ3) is 4.05. The number of carbonyl (C=O) groups is 1. The van der Waals surface area contributed by atoms with Gasteiger partial charge in [-0.15, -0.1) is 0 Å². The molecule has 0 saturated heterocycles. The zero-order chi connectivity index (χ0) is 19.4. The first-order chi connectivity index (χ1) is 13.0. The highest BCUT2D eigenvalue weighted by Gasteiger charge is 2.14. The Morgan fingerprint density at radius 1 is 1.11 bits per heavy atom. The zero-order valence-corrected chi connectivity index (χ0v) is 15.6. The Morgan fingerprint density at radius 3 is 2.48 bits per heavy atom. The van der Waals surface area contributed by atoms with Crippen LogP contribution in [0.15, 0.2) is 42.7 Å². The third-order valence-electron chi connectivity index (χ3n) is 3.90. The molecule has 2 aromatic heterocycles. The topological polar surface area (TPSA) is 91.2 Å². The minimum absolute atomic E-state index is 0.0659. The van der Waals surface area contributed by atoms with Gasteiger partial charge in [-0.25, -0.2) is 4.98 Å². The van der Waals surface area contributed by atoms with Crippen LogP contribution < -0.4 is 14.8 Å². The van der Waals surface area contributed by atoms with Crippen LogP contribution in [0.5, 0.6) is 11.9 Å². The Hall–Kier alpha value is -3.42. The molecule has 0 aliphatic heterocycles. The SMILES string of the molecule is COc1cc(C(=O)Nc2ccc(-n3ccnc3C(C)C)cc2)nc(OC)n1. The summed E-state index contributed by atoms with van der Waals surface area (Å²) in [6, 6.07) is 9.01. The number of nitrogens with zero attached hydrogens (tertiary/aromatic N) is 4. The van der Waals surface area contributed by atoms with Gasteiger partial charge in [-0.1, -0.05) is 13.8 Å². The Kier molecular flexibility index (Phi) is 5.35. The maximum Gasteiger partial charge on any atom is 0.320 e. The minimum atomic E-state index is -0.382. The van der Waals surface area contributed by atoms with Crippen LogP contribution in [0.25, 0.3) is 5.69 Å². The number of nitrogens with one attached hydrogen (secondary N) is 1. The van der Waals surface area contributed by atoms with Crippen molar-refractivity contribution >= 4 is 11.6 Å². The van der Waals surface area contributed by atoms with Gasteiger partial charge in [0.05, 0.1) is 14.2 Å². The van der Waals surface area contributed by atoms with Gasteiger partial charge in [0, 0.05) is 35.8 Å². The number of hydrogen-bond acceptors (Lipinski definition) is 6. The first-order valence-electron chi connectivity index (χ1n) is 8.44. The number of methoxy groups -OCH3 is 2. The predicted molar refractivity (Wildman–Crippen MR) is 101 cm³/mol. The molecule has 27 heavy (non-hydrogen) atoms. The molecule has 0 bridgehead atoms. The van der Waals surface area contributed by atoms with Gasteiger partial charge in [0.2, 0.25) is 5.88 Å². The maximum atomic E-state index is 12.5. The van der Waals surface area contributed by atoms with Crippen molar-refractivity contribution < 1.29 is 14.3 Å². The lowest BCUT2D eigenvalue weighted by Crippen LogP contribution is -2.15. The smallest absolute Gasteiger partial charge is 0.320 e. The summed E-state index contributed by atoms with van der Waals surface area (Å²) in [4.78, 5) is 24.9. The summed E-state index contributed by atoms with van der Waals surface area (Å²) in [6.45, 7) is 4.19. The molecule has 0 unspecified atom stereocenters. The fraction of sp³-hybridized carbons (Fsp3) is 0.263. The van der Waals surface area contributed by atoms with Crippen LogP contribution >= 0.6 is 0 Å². The average molecular weight is 367 g/mol. The molecule has 140 valence electrons. The number of benzene rings is 1. The van der Waals surface area contributed by atoms with E-state index in [1.165, 1.54) is 20.3 Å². The number of amides is 1. The largest absolute Gasteiger partial charge is 0.481 e. The van der Waals surface area contributed by atoms with Crippen molar-refractivity contribution in [3.63, 3.8) is 0 Å². The lowest BCUT2D eigenvalue weighted by Gasteiger charge is -2.11. The third-order valence-corrected chi connectivity index (χ3v) is 3.90. The van der Waals surface area contributed by atoms with E-state index in [0.717, 1.165) is 11.5 Å². The van der Waals surface area contributed by atoms with Crippen LogP contribution in [0.2, 0.25) is 0 Å². The number of anilines is 1. The van der Waals surface area contributed by atoms with Crippen molar-refractivity contribution in [2.75, 3.05) is 19.5 Å². The quantitative estimate of drug-likeness (QED) is 0.720. The molecule has 0 saturated carbocycles. The van der Waals surface area contributed by atoms with Gasteiger partial charge in [-0.05, 0) is 24.3 Å². The second-order valence-electron chi connectivity index (χ2n) is 6.09. The molecule has 0 atom stereocenters. The molecule has 1 amide bonds. The van der Waals surface area contributed by atoms with E-state index in [1.807, 2.05) is 35.0 Å². The Balaban J connectivity index is 1.79. The first-order valence-corrected chi connectivity index (χ1v) is 8.44. The van der Waals surface area contributed by atoms with Crippen molar-refractivity contribution in [2.24, 2.45) is 0 Å². The fourth-order valence-electron chi connectivity index (χ4n) is 2.58. The van der Waals surface area contributed by atoms with E-state index in [0.29, 0.717) is 11.6 Å². The van der Waals surface area contributed by atoms with E-state index >= 15 is 0 Å². The number of imidazole rings is 1. The lowest BCUT2D eigenvalue weighted by molar-refractivity contribution is 0.102. The van der Waals surface area contributed by atoms with Crippen LogP contribution in [-0.4, -0.2) is 39.6 Å². The van der Waals surface area contributed by atoms with Gasteiger partial charge in [0.15, 0.2) is 0 Å². The van der Waals surface area contributed by atoms with Crippen molar-refractivity contribution in [3.8, 4) is 17.6 Å². The van der Waals surface area contributed by atoms with Gasteiger partial charge in [-0.2, -0.15) is 9.97 Å². The maximum absolute atomic E-state index is 12.5. The van der Waals surface area contributed by atoms with E-state index in [2.05, 4.69) is 34.1 Å². The minimum Gasteiger partial charge on any atom is -0.481 e. The summed E-state index contributed by atoms with van der Waals surface area (Å²) in [5.74, 6) is 1.16. The molecule has 0 spiro atoms. The number of hydrogen-bond donors (Lipinski definition) is 1. The Bertz CT molecular complexity index is 913. The molecule has 1 N–H and O–H groups in total. The van der Waals surface area contributed by atoms with E-state index in [1.54, 1.807) is 6.20 Å². The molecule has 1 aromatic carbocycles. The number of carbonyl (C=O) groups excluding carboxylic acids is 1. The fourth-order valence-corrected chi connectivity index (χ4v) is 2.58. The number of rotatable bonds is 6. The Labute approximate surface area is 157 Å². The average Bonchev–Trinajstić information content (AvgIpc) is 3.18. The summed E-state index contributed by atoms with van der Waals surface area (Å²) in [6.07, 6.45) is 3.70. The van der Waals surface area contributed by atoms with Crippen LogP contribution in [0, 0.1) is 0 Å². The summed E-state index contributed by atoms with van der Waals surface area (Å²) in [5.41, 5.74) is 1.77. The van der Waals surface area contributed by atoms with Crippen molar-refractivity contribution in [1.82, 2.24) is 19.5 Å². The van der Waals surface area contributed by atoms with E-state index < -0.39 is 0 Å². The first kappa shape index (κ1) is 18.4. The van der Waals surface area contributed by atoms with E-state index in [9.17, 15) is 4.79 Å². The van der Waals surface area contributed by atoms with E-state index in [4.69, 9.17) is 9.47 Å². The van der Waals surface area contributed by atoms with Crippen molar-refractivity contribution in [1.29, 1.82) is 0 Å². The monoisotopic (exact) mass is 367 g/mol. The summed E-state index contributed by atoms with van der Waals surface area (Å²) in [5, 5.41) is 2.81. The molecule has 0 aliphatic rings. The molecule has 3 rings (SSSR count). The molecular formula is C19H21N5O3. The highest BCUT2D eigenvalue weighted by molar-refractivity contribution is 6.03. The van der Waals surface area contributed by atoms with Gasteiger partial charge in [0.25, 0.3) is 5.91 Å². The van der Waals surface area contributed by atoms with Gasteiger partial charge >= 0.3 is 6.01 Å². The lowest BCUT2D eigenvalue weighted by atomic mass is 10.2. The molecule has 0 radical (unpaired) electrons. The highest BCUT2D eigenvalue weighted by Crippen LogP contribution is 2.20.